The van der Waals surface area contributed by atoms with Crippen LogP contribution in [0.5, 0.6) is 0 Å². The summed E-state index contributed by atoms with van der Waals surface area (Å²) in [6, 6.07) is 12.2. The van der Waals surface area contributed by atoms with E-state index in [1.54, 1.807) is 24.5 Å². The Hall–Kier alpha value is -1.78. The lowest BCUT2D eigenvalue weighted by Gasteiger charge is -2.16. The summed E-state index contributed by atoms with van der Waals surface area (Å²) in [5.41, 5.74) is 0.819. The number of benzene rings is 2. The Morgan fingerprint density at radius 2 is 1.85 bits per heavy atom. The molecule has 3 aromatic rings. The van der Waals surface area contributed by atoms with Gasteiger partial charge in [-0.05, 0) is 17.5 Å². The number of halogens is 2. The van der Waals surface area contributed by atoms with E-state index in [1.807, 2.05) is 24.3 Å². The van der Waals surface area contributed by atoms with Crippen LogP contribution in [0.25, 0.3) is 10.8 Å². The maximum atomic E-state index is 14.0. The molecule has 0 fully saturated rings. The van der Waals surface area contributed by atoms with E-state index in [0.717, 1.165) is 10.8 Å². The van der Waals surface area contributed by atoms with E-state index in [4.69, 9.17) is 0 Å². The molecule has 1 heterocycles. The van der Waals surface area contributed by atoms with Gasteiger partial charge in [-0.25, -0.2) is 4.39 Å². The summed E-state index contributed by atoms with van der Waals surface area (Å²) in [6.07, 6.45) is 2.23. The minimum absolute atomic E-state index is 0.227. The van der Waals surface area contributed by atoms with Crippen LogP contribution in [0, 0.1) is 5.82 Å². The van der Waals surface area contributed by atoms with Crippen molar-refractivity contribution in [1.82, 2.24) is 4.98 Å². The van der Waals surface area contributed by atoms with E-state index >= 15 is 0 Å². The molecular formula is C16H11BrFNO. The molecule has 0 saturated carbocycles. The highest BCUT2D eigenvalue weighted by molar-refractivity contribution is 9.10. The second-order valence-corrected chi connectivity index (χ2v) is 5.34. The Bertz CT molecular complexity index is 750. The lowest BCUT2D eigenvalue weighted by molar-refractivity contribution is 0.215. The molecule has 0 spiro atoms. The van der Waals surface area contributed by atoms with Gasteiger partial charge in [0.25, 0.3) is 0 Å². The SMILES string of the molecule is OC(c1c(F)cccc1Br)c1cncc2ccccc12. The van der Waals surface area contributed by atoms with Crippen LogP contribution in [-0.4, -0.2) is 10.1 Å². The Morgan fingerprint density at radius 1 is 1.05 bits per heavy atom. The van der Waals surface area contributed by atoms with Crippen LogP contribution in [0.3, 0.4) is 0 Å². The van der Waals surface area contributed by atoms with Crippen molar-refractivity contribution in [2.75, 3.05) is 0 Å². The minimum Gasteiger partial charge on any atom is -0.383 e. The number of nitrogens with zero attached hydrogens (tertiary/aromatic N) is 1. The fraction of sp³-hybridized carbons (Fsp3) is 0.0625. The molecule has 1 unspecified atom stereocenters. The standard InChI is InChI=1S/C16H11BrFNO/c17-13-6-3-7-14(18)15(13)16(20)12-9-19-8-10-4-1-2-5-11(10)12/h1-9,16,20H. The van der Waals surface area contributed by atoms with Gasteiger partial charge in [0.05, 0.1) is 0 Å². The molecule has 0 saturated heterocycles. The van der Waals surface area contributed by atoms with Crippen LogP contribution >= 0.6 is 15.9 Å². The fourth-order valence-corrected chi connectivity index (χ4v) is 2.84. The Kier molecular flexibility index (Phi) is 3.51. The number of aromatic nitrogens is 1. The smallest absolute Gasteiger partial charge is 0.130 e. The van der Waals surface area contributed by atoms with E-state index in [2.05, 4.69) is 20.9 Å². The normalized spacial score (nSPS) is 12.6. The first kappa shape index (κ1) is 13.2. The van der Waals surface area contributed by atoms with Gasteiger partial charge in [-0.1, -0.05) is 46.3 Å². The van der Waals surface area contributed by atoms with E-state index < -0.39 is 11.9 Å². The molecule has 1 atom stereocenters. The fourth-order valence-electron chi connectivity index (χ4n) is 2.29. The van der Waals surface area contributed by atoms with Gasteiger partial charge in [0.15, 0.2) is 0 Å². The van der Waals surface area contributed by atoms with Crippen LogP contribution in [0.15, 0.2) is 59.3 Å². The third-order valence-corrected chi connectivity index (χ3v) is 3.96. The summed E-state index contributed by atoms with van der Waals surface area (Å²) in [5.74, 6) is -0.445. The van der Waals surface area contributed by atoms with Crippen molar-refractivity contribution in [2.24, 2.45) is 0 Å². The molecule has 2 nitrogen and oxygen atoms in total. The van der Waals surface area contributed by atoms with Gasteiger partial charge in [0.1, 0.15) is 11.9 Å². The van der Waals surface area contributed by atoms with Gasteiger partial charge in [-0.2, -0.15) is 0 Å². The van der Waals surface area contributed by atoms with Crippen LogP contribution in [-0.2, 0) is 0 Å². The van der Waals surface area contributed by atoms with Gasteiger partial charge in [-0.3, -0.25) is 4.98 Å². The summed E-state index contributed by atoms with van der Waals surface area (Å²) in [4.78, 5) is 4.12. The van der Waals surface area contributed by atoms with E-state index in [1.165, 1.54) is 6.07 Å². The van der Waals surface area contributed by atoms with Gasteiger partial charge >= 0.3 is 0 Å². The van der Waals surface area contributed by atoms with Crippen molar-refractivity contribution in [2.45, 2.75) is 6.10 Å². The van der Waals surface area contributed by atoms with Crippen LogP contribution in [0.4, 0.5) is 4.39 Å². The summed E-state index contributed by atoms with van der Waals surface area (Å²) < 4.78 is 14.5. The van der Waals surface area contributed by atoms with Crippen LogP contribution in [0.2, 0.25) is 0 Å². The summed E-state index contributed by atoms with van der Waals surface area (Å²) >= 11 is 3.29. The van der Waals surface area contributed by atoms with Crippen molar-refractivity contribution in [1.29, 1.82) is 0 Å². The van der Waals surface area contributed by atoms with Crippen LogP contribution in [0.1, 0.15) is 17.2 Å². The molecule has 1 aromatic heterocycles. The predicted molar refractivity (Wildman–Crippen MR) is 79.9 cm³/mol. The largest absolute Gasteiger partial charge is 0.383 e. The molecule has 2 aromatic carbocycles. The summed E-state index contributed by atoms with van der Waals surface area (Å²) in [7, 11) is 0. The van der Waals surface area contributed by atoms with Gasteiger partial charge in [-0.15, -0.1) is 0 Å². The number of fused-ring (bicyclic) bond motifs is 1. The number of hydrogen-bond acceptors (Lipinski definition) is 2. The average Bonchev–Trinajstić information content (AvgIpc) is 2.46. The lowest BCUT2D eigenvalue weighted by Crippen LogP contribution is -2.05. The highest BCUT2D eigenvalue weighted by Crippen LogP contribution is 2.33. The quantitative estimate of drug-likeness (QED) is 0.762. The molecule has 0 bridgehead atoms. The molecule has 1 N–H and O–H groups in total. The van der Waals surface area contributed by atoms with E-state index in [0.29, 0.717) is 10.0 Å². The minimum atomic E-state index is -1.07. The molecule has 20 heavy (non-hydrogen) atoms. The van der Waals surface area contributed by atoms with Gasteiger partial charge < -0.3 is 5.11 Å². The molecule has 0 aliphatic rings. The summed E-state index contributed by atoms with van der Waals surface area (Å²) in [5, 5.41) is 12.3. The van der Waals surface area contributed by atoms with E-state index in [9.17, 15) is 9.50 Å². The van der Waals surface area contributed by atoms with Crippen molar-refractivity contribution in [3.8, 4) is 0 Å². The molecule has 100 valence electrons. The third kappa shape index (κ3) is 2.21. The molecule has 4 heteroatoms. The average molecular weight is 332 g/mol. The van der Waals surface area contributed by atoms with Crippen LogP contribution < -0.4 is 0 Å². The maximum Gasteiger partial charge on any atom is 0.130 e. The number of pyridine rings is 1. The molecule has 3 rings (SSSR count). The van der Waals surface area contributed by atoms with Crippen molar-refractivity contribution >= 4 is 26.7 Å². The Balaban J connectivity index is 2.21. The first-order valence-electron chi connectivity index (χ1n) is 6.13. The number of aliphatic hydroxyl groups excluding tert-OH is 1. The number of hydrogen-bond donors (Lipinski definition) is 1. The topological polar surface area (TPSA) is 33.1 Å². The van der Waals surface area contributed by atoms with Crippen molar-refractivity contribution in [3.63, 3.8) is 0 Å². The second kappa shape index (κ2) is 5.31. The zero-order valence-electron chi connectivity index (χ0n) is 10.4. The third-order valence-electron chi connectivity index (χ3n) is 3.27. The molecule has 0 radical (unpaired) electrons. The van der Waals surface area contributed by atoms with Gasteiger partial charge in [0.2, 0.25) is 0 Å². The molecule has 0 amide bonds. The Labute approximate surface area is 124 Å². The van der Waals surface area contributed by atoms with Crippen molar-refractivity contribution in [3.05, 3.63) is 76.3 Å². The first-order valence-corrected chi connectivity index (χ1v) is 6.92. The highest BCUT2D eigenvalue weighted by Gasteiger charge is 2.20. The Morgan fingerprint density at radius 3 is 2.65 bits per heavy atom. The zero-order valence-corrected chi connectivity index (χ0v) is 12.0. The second-order valence-electron chi connectivity index (χ2n) is 4.49. The number of rotatable bonds is 2. The van der Waals surface area contributed by atoms with Gasteiger partial charge in [0, 0.05) is 33.4 Å². The molecule has 0 aliphatic heterocycles. The zero-order chi connectivity index (χ0) is 14.1. The van der Waals surface area contributed by atoms with E-state index in [-0.39, 0.29) is 5.56 Å². The summed E-state index contributed by atoms with van der Waals surface area (Å²) in [6.45, 7) is 0. The first-order chi connectivity index (χ1) is 9.68. The number of aliphatic hydroxyl groups is 1. The maximum absolute atomic E-state index is 14.0. The molecular weight excluding hydrogens is 321 g/mol. The predicted octanol–water partition coefficient (Wildman–Crippen LogP) is 4.22. The molecule has 0 aliphatic carbocycles. The highest BCUT2D eigenvalue weighted by atomic mass is 79.9. The monoisotopic (exact) mass is 331 g/mol. The van der Waals surface area contributed by atoms with Crippen molar-refractivity contribution < 1.29 is 9.50 Å². The lowest BCUT2D eigenvalue weighted by atomic mass is 9.98.